The Labute approximate surface area is 106 Å². The van der Waals surface area contributed by atoms with Crippen LogP contribution in [0, 0.1) is 5.92 Å². The lowest BCUT2D eigenvalue weighted by Gasteiger charge is -2.16. The summed E-state index contributed by atoms with van der Waals surface area (Å²) < 4.78 is 33.5. The molecular formula is C10H17FN2O4S. The van der Waals surface area contributed by atoms with E-state index in [0.29, 0.717) is 19.5 Å². The van der Waals surface area contributed by atoms with Crippen LogP contribution in [0.1, 0.15) is 19.8 Å². The fraction of sp³-hybridized carbons (Fsp3) is 0.800. The molecule has 0 aliphatic carbocycles. The molecule has 1 saturated heterocycles. The number of halogens is 1. The van der Waals surface area contributed by atoms with Gasteiger partial charge in [-0.1, -0.05) is 0 Å². The summed E-state index contributed by atoms with van der Waals surface area (Å²) in [4.78, 5) is 23.6. The lowest BCUT2D eigenvalue weighted by atomic mass is 10.1. The largest absolute Gasteiger partial charge is 0.356 e. The molecule has 0 radical (unpaired) electrons. The third-order valence-corrected chi connectivity index (χ3v) is 3.58. The second-order valence-corrected chi connectivity index (χ2v) is 5.86. The van der Waals surface area contributed by atoms with Crippen LogP contribution in [0.4, 0.5) is 3.89 Å². The second kappa shape index (κ2) is 6.12. The topological polar surface area (TPSA) is 83.6 Å². The van der Waals surface area contributed by atoms with Gasteiger partial charge >= 0.3 is 10.2 Å². The molecule has 1 N–H and O–H groups in total. The number of nitrogens with one attached hydrogen (secondary N) is 1. The van der Waals surface area contributed by atoms with E-state index in [-0.39, 0.29) is 24.8 Å². The van der Waals surface area contributed by atoms with E-state index >= 15 is 0 Å². The molecule has 6 nitrogen and oxygen atoms in total. The van der Waals surface area contributed by atoms with Crippen molar-refractivity contribution < 1.29 is 21.9 Å². The number of likely N-dealkylation sites (tertiary alicyclic amines) is 1. The molecule has 1 atom stereocenters. The van der Waals surface area contributed by atoms with Crippen molar-refractivity contribution in [2.75, 3.05) is 25.4 Å². The van der Waals surface area contributed by atoms with Crippen molar-refractivity contribution in [2.45, 2.75) is 19.8 Å². The highest BCUT2D eigenvalue weighted by Crippen LogP contribution is 2.20. The fourth-order valence-electron chi connectivity index (χ4n) is 2.00. The SMILES string of the molecule is CC(=O)NCCCN1CC(CS(=O)(=O)F)CC1=O. The van der Waals surface area contributed by atoms with Crippen LogP contribution in [0.25, 0.3) is 0 Å². The van der Waals surface area contributed by atoms with Crippen LogP contribution in [0.3, 0.4) is 0 Å². The van der Waals surface area contributed by atoms with Gasteiger partial charge in [-0.05, 0) is 6.42 Å². The van der Waals surface area contributed by atoms with Gasteiger partial charge in [-0.2, -0.15) is 8.42 Å². The zero-order valence-electron chi connectivity index (χ0n) is 10.2. The monoisotopic (exact) mass is 280 g/mol. The summed E-state index contributed by atoms with van der Waals surface area (Å²) >= 11 is 0. The number of rotatable bonds is 6. The first-order chi connectivity index (χ1) is 8.28. The lowest BCUT2D eigenvalue weighted by molar-refractivity contribution is -0.127. The minimum absolute atomic E-state index is 0.0727. The number of carbonyl (C=O) groups is 2. The Morgan fingerprint density at radius 2 is 2.22 bits per heavy atom. The number of nitrogens with zero attached hydrogens (tertiary/aromatic N) is 1. The van der Waals surface area contributed by atoms with E-state index < -0.39 is 21.9 Å². The Balaban J connectivity index is 2.31. The molecule has 0 aromatic heterocycles. The van der Waals surface area contributed by atoms with E-state index in [1.54, 1.807) is 0 Å². The molecule has 1 heterocycles. The Hall–Kier alpha value is -1.18. The molecule has 0 aromatic carbocycles. The van der Waals surface area contributed by atoms with Crippen molar-refractivity contribution in [2.24, 2.45) is 5.92 Å². The van der Waals surface area contributed by atoms with Crippen molar-refractivity contribution in [1.29, 1.82) is 0 Å². The average Bonchev–Trinajstić information content (AvgIpc) is 2.50. The van der Waals surface area contributed by atoms with Crippen LogP contribution in [0.5, 0.6) is 0 Å². The van der Waals surface area contributed by atoms with Crippen LogP contribution < -0.4 is 5.32 Å². The van der Waals surface area contributed by atoms with Crippen molar-refractivity contribution >= 4 is 22.0 Å². The average molecular weight is 280 g/mol. The molecule has 2 amide bonds. The van der Waals surface area contributed by atoms with Gasteiger partial charge in [0, 0.05) is 38.9 Å². The maximum atomic E-state index is 12.5. The maximum Gasteiger partial charge on any atom is 0.302 e. The summed E-state index contributed by atoms with van der Waals surface area (Å²) in [6.45, 7) is 2.58. The van der Waals surface area contributed by atoms with Crippen LogP contribution >= 0.6 is 0 Å². The second-order valence-electron chi connectivity index (χ2n) is 4.45. The van der Waals surface area contributed by atoms with Crippen LogP contribution in [-0.2, 0) is 19.8 Å². The zero-order chi connectivity index (χ0) is 13.8. The molecular weight excluding hydrogens is 263 g/mol. The summed E-state index contributed by atoms with van der Waals surface area (Å²) in [5, 5.41) is 2.60. The maximum absolute atomic E-state index is 12.5. The van der Waals surface area contributed by atoms with E-state index in [1.807, 2.05) is 0 Å². The smallest absolute Gasteiger partial charge is 0.302 e. The third kappa shape index (κ3) is 5.44. The minimum atomic E-state index is -4.53. The van der Waals surface area contributed by atoms with Gasteiger partial charge in [0.2, 0.25) is 11.8 Å². The Kier molecular flexibility index (Phi) is 5.06. The van der Waals surface area contributed by atoms with Crippen LogP contribution in [0.15, 0.2) is 0 Å². The van der Waals surface area contributed by atoms with E-state index in [4.69, 9.17) is 0 Å². The van der Waals surface area contributed by atoms with E-state index in [9.17, 15) is 21.9 Å². The minimum Gasteiger partial charge on any atom is -0.356 e. The summed E-state index contributed by atoms with van der Waals surface area (Å²) in [7, 11) is -4.53. The molecule has 1 unspecified atom stereocenters. The van der Waals surface area contributed by atoms with Gasteiger partial charge in [-0.15, -0.1) is 3.89 Å². The third-order valence-electron chi connectivity index (χ3n) is 2.71. The lowest BCUT2D eigenvalue weighted by Crippen LogP contribution is -2.30. The first-order valence-electron chi connectivity index (χ1n) is 5.72. The number of carbonyl (C=O) groups excluding carboxylic acids is 2. The van der Waals surface area contributed by atoms with Crippen molar-refractivity contribution in [3.63, 3.8) is 0 Å². The highest BCUT2D eigenvalue weighted by Gasteiger charge is 2.32. The van der Waals surface area contributed by atoms with E-state index in [1.165, 1.54) is 11.8 Å². The highest BCUT2D eigenvalue weighted by atomic mass is 32.3. The van der Waals surface area contributed by atoms with E-state index in [2.05, 4.69) is 5.32 Å². The highest BCUT2D eigenvalue weighted by molar-refractivity contribution is 7.86. The molecule has 104 valence electrons. The fourth-order valence-corrected chi connectivity index (χ4v) is 2.78. The molecule has 1 aliphatic rings. The molecule has 0 saturated carbocycles. The van der Waals surface area contributed by atoms with Crippen molar-refractivity contribution in [3.05, 3.63) is 0 Å². The molecule has 0 spiro atoms. The molecule has 0 bridgehead atoms. The first kappa shape index (κ1) is 14.9. The molecule has 1 fully saturated rings. The van der Waals surface area contributed by atoms with Crippen molar-refractivity contribution in [3.8, 4) is 0 Å². The van der Waals surface area contributed by atoms with Gasteiger partial charge in [0.1, 0.15) is 0 Å². The standard InChI is InChI=1S/C10H17FN2O4S/c1-8(14)12-3-2-4-13-6-9(5-10(13)15)7-18(11,16)17/h9H,2-7H2,1H3,(H,12,14). The van der Waals surface area contributed by atoms with Gasteiger partial charge in [-0.25, -0.2) is 0 Å². The Morgan fingerprint density at radius 3 is 2.78 bits per heavy atom. The summed E-state index contributed by atoms with van der Waals surface area (Å²) in [6.07, 6.45) is 0.670. The summed E-state index contributed by atoms with van der Waals surface area (Å²) in [5.41, 5.74) is 0. The first-order valence-corrected chi connectivity index (χ1v) is 7.28. The number of hydrogen-bond donors (Lipinski definition) is 1. The summed E-state index contributed by atoms with van der Waals surface area (Å²) in [6, 6.07) is 0. The van der Waals surface area contributed by atoms with Crippen molar-refractivity contribution in [1.82, 2.24) is 10.2 Å². The molecule has 0 aromatic rings. The molecule has 1 rings (SSSR count). The van der Waals surface area contributed by atoms with Gasteiger partial charge in [0.25, 0.3) is 0 Å². The zero-order valence-corrected chi connectivity index (χ0v) is 11.0. The van der Waals surface area contributed by atoms with Gasteiger partial charge in [0.05, 0.1) is 5.75 Å². The molecule has 1 aliphatic heterocycles. The van der Waals surface area contributed by atoms with Crippen LogP contribution in [0.2, 0.25) is 0 Å². The number of amides is 2. The van der Waals surface area contributed by atoms with E-state index in [0.717, 1.165) is 0 Å². The Bertz CT molecular complexity index is 424. The normalized spacial score (nSPS) is 20.2. The number of hydrogen-bond acceptors (Lipinski definition) is 4. The van der Waals surface area contributed by atoms with Crippen LogP contribution in [-0.4, -0.2) is 50.5 Å². The Morgan fingerprint density at radius 1 is 1.56 bits per heavy atom. The van der Waals surface area contributed by atoms with Gasteiger partial charge in [0.15, 0.2) is 0 Å². The predicted octanol–water partition coefficient (Wildman–Crippen LogP) is -0.340. The summed E-state index contributed by atoms with van der Waals surface area (Å²) in [5.74, 6) is -1.36. The van der Waals surface area contributed by atoms with Gasteiger partial charge in [-0.3, -0.25) is 9.59 Å². The predicted molar refractivity (Wildman–Crippen MR) is 62.9 cm³/mol. The molecule has 18 heavy (non-hydrogen) atoms. The molecule has 8 heteroatoms. The van der Waals surface area contributed by atoms with Gasteiger partial charge < -0.3 is 10.2 Å². The quantitative estimate of drug-likeness (QED) is 0.533.